The van der Waals surface area contributed by atoms with Gasteiger partial charge in [0.2, 0.25) is 0 Å². The average Bonchev–Trinajstić information content (AvgIpc) is 2.97. The zero-order valence-corrected chi connectivity index (χ0v) is 13.1. The Morgan fingerprint density at radius 2 is 1.21 bits per heavy atom. The van der Waals surface area contributed by atoms with Crippen molar-refractivity contribution < 1.29 is 0 Å². The van der Waals surface area contributed by atoms with Crippen LogP contribution in [0.3, 0.4) is 0 Å². The number of para-hydroxylation sites is 2. The highest BCUT2D eigenvalue weighted by Gasteiger charge is 2.15. The molecule has 114 valence electrons. The summed E-state index contributed by atoms with van der Waals surface area (Å²) in [5.74, 6) is 0. The van der Waals surface area contributed by atoms with Crippen LogP contribution in [0.25, 0.3) is 38.3 Å². The van der Waals surface area contributed by atoms with Gasteiger partial charge in [0.15, 0.2) is 0 Å². The Bertz CT molecular complexity index is 1200. The molecule has 0 amide bonds. The van der Waals surface area contributed by atoms with E-state index in [1.54, 1.807) is 0 Å². The number of fused-ring (bicyclic) bond motifs is 5. The van der Waals surface area contributed by atoms with Gasteiger partial charge in [-0.25, -0.2) is 0 Å². The van der Waals surface area contributed by atoms with Crippen molar-refractivity contribution in [1.82, 2.24) is 4.57 Å². The maximum absolute atomic E-state index is 6.35. The molecule has 0 saturated carbocycles. The van der Waals surface area contributed by atoms with Gasteiger partial charge in [0.1, 0.15) is 0 Å². The van der Waals surface area contributed by atoms with Crippen molar-refractivity contribution in [3.63, 3.8) is 0 Å². The van der Waals surface area contributed by atoms with Gasteiger partial charge in [0.25, 0.3) is 0 Å². The highest BCUT2D eigenvalue weighted by atomic mass is 15.0. The molecule has 1 heterocycles. The molecule has 0 aliphatic rings. The first-order valence-corrected chi connectivity index (χ1v) is 8.10. The number of nitrogens with zero attached hydrogens (tertiary/aromatic N) is 1. The van der Waals surface area contributed by atoms with Crippen LogP contribution in [-0.2, 0) is 0 Å². The summed E-state index contributed by atoms with van der Waals surface area (Å²) >= 11 is 0. The highest BCUT2D eigenvalue weighted by Crippen LogP contribution is 2.38. The van der Waals surface area contributed by atoms with Gasteiger partial charge in [-0.15, -0.1) is 0 Å². The van der Waals surface area contributed by atoms with E-state index in [-0.39, 0.29) is 0 Å². The summed E-state index contributed by atoms with van der Waals surface area (Å²) in [6.45, 7) is 0. The van der Waals surface area contributed by atoms with Crippen LogP contribution in [0.5, 0.6) is 0 Å². The van der Waals surface area contributed by atoms with Crippen molar-refractivity contribution in [1.29, 1.82) is 0 Å². The van der Waals surface area contributed by atoms with Gasteiger partial charge in [-0.2, -0.15) is 0 Å². The van der Waals surface area contributed by atoms with Crippen LogP contribution >= 0.6 is 0 Å². The number of rotatable bonds is 1. The fourth-order valence-electron chi connectivity index (χ4n) is 3.70. The second-order valence-electron chi connectivity index (χ2n) is 6.10. The molecule has 0 spiro atoms. The fourth-order valence-corrected chi connectivity index (χ4v) is 3.70. The van der Waals surface area contributed by atoms with Gasteiger partial charge >= 0.3 is 0 Å². The molecule has 0 atom stereocenters. The monoisotopic (exact) mass is 308 g/mol. The first kappa shape index (κ1) is 13.2. The zero-order valence-electron chi connectivity index (χ0n) is 13.1. The lowest BCUT2D eigenvalue weighted by Crippen LogP contribution is -1.95. The summed E-state index contributed by atoms with van der Waals surface area (Å²) in [6, 6.07) is 29.5. The SMILES string of the molecule is Nc1cc2c3ccccc3n(-c3ccccc3)c2c2ccccc12. The molecule has 2 heteroatoms. The minimum Gasteiger partial charge on any atom is -0.398 e. The standard InChI is InChI=1S/C22H16N2/c23-20-14-19-17-11-6-7-13-21(17)24(15-8-2-1-3-9-15)22(19)18-12-5-4-10-16(18)20/h1-14H,23H2. The molecule has 0 fully saturated rings. The van der Waals surface area contributed by atoms with Crippen LogP contribution in [0.15, 0.2) is 84.9 Å². The second-order valence-corrected chi connectivity index (χ2v) is 6.10. The van der Waals surface area contributed by atoms with Crippen molar-refractivity contribution in [3.8, 4) is 5.69 Å². The minimum atomic E-state index is 0.828. The maximum atomic E-state index is 6.35. The molecule has 0 saturated heterocycles. The first-order valence-electron chi connectivity index (χ1n) is 8.10. The molecule has 0 aliphatic carbocycles. The predicted molar refractivity (Wildman–Crippen MR) is 103 cm³/mol. The van der Waals surface area contributed by atoms with Crippen LogP contribution < -0.4 is 5.73 Å². The summed E-state index contributed by atoms with van der Waals surface area (Å²) in [7, 11) is 0. The first-order chi connectivity index (χ1) is 11.8. The lowest BCUT2D eigenvalue weighted by molar-refractivity contribution is 1.19. The number of benzene rings is 4. The van der Waals surface area contributed by atoms with Crippen molar-refractivity contribution in [3.05, 3.63) is 84.9 Å². The van der Waals surface area contributed by atoms with Crippen molar-refractivity contribution in [2.24, 2.45) is 0 Å². The molecule has 0 unspecified atom stereocenters. The van der Waals surface area contributed by atoms with Crippen LogP contribution in [0, 0.1) is 0 Å². The zero-order chi connectivity index (χ0) is 16.1. The Morgan fingerprint density at radius 1 is 0.583 bits per heavy atom. The van der Waals surface area contributed by atoms with E-state index in [4.69, 9.17) is 5.73 Å². The smallest absolute Gasteiger partial charge is 0.0621 e. The van der Waals surface area contributed by atoms with Crippen LogP contribution in [-0.4, -0.2) is 4.57 Å². The van der Waals surface area contributed by atoms with E-state index in [9.17, 15) is 0 Å². The van der Waals surface area contributed by atoms with Crippen LogP contribution in [0.1, 0.15) is 0 Å². The summed E-state index contributed by atoms with van der Waals surface area (Å²) in [5.41, 5.74) is 10.8. The van der Waals surface area contributed by atoms with Crippen molar-refractivity contribution >= 4 is 38.3 Å². The highest BCUT2D eigenvalue weighted by molar-refractivity contribution is 6.21. The molecule has 5 rings (SSSR count). The average molecular weight is 308 g/mol. The van der Waals surface area contributed by atoms with E-state index in [0.717, 1.165) is 11.1 Å². The van der Waals surface area contributed by atoms with E-state index < -0.39 is 0 Å². The van der Waals surface area contributed by atoms with Gasteiger partial charge < -0.3 is 10.3 Å². The molecule has 1 aromatic heterocycles. The molecule has 0 bridgehead atoms. The summed E-state index contributed by atoms with van der Waals surface area (Å²) in [6.07, 6.45) is 0. The molecule has 2 nitrogen and oxygen atoms in total. The molecular formula is C22H16N2. The van der Waals surface area contributed by atoms with Gasteiger partial charge in [-0.1, -0.05) is 60.7 Å². The summed E-state index contributed by atoms with van der Waals surface area (Å²) in [4.78, 5) is 0. The number of aromatic nitrogens is 1. The van der Waals surface area contributed by atoms with Gasteiger partial charge in [0, 0.05) is 32.9 Å². The molecule has 0 aliphatic heterocycles. The van der Waals surface area contributed by atoms with E-state index in [0.29, 0.717) is 0 Å². The Morgan fingerprint density at radius 3 is 2.00 bits per heavy atom. The summed E-state index contributed by atoms with van der Waals surface area (Å²) < 4.78 is 2.34. The van der Waals surface area contributed by atoms with Gasteiger partial charge in [-0.3, -0.25) is 0 Å². The van der Waals surface area contributed by atoms with Gasteiger partial charge in [-0.05, 0) is 24.3 Å². The van der Waals surface area contributed by atoms with Gasteiger partial charge in [0.05, 0.1) is 11.0 Å². The van der Waals surface area contributed by atoms with Crippen molar-refractivity contribution in [2.75, 3.05) is 5.73 Å². The predicted octanol–water partition coefficient (Wildman–Crippen LogP) is 5.52. The van der Waals surface area contributed by atoms with E-state index in [2.05, 4.69) is 77.4 Å². The Kier molecular flexibility index (Phi) is 2.68. The number of nitrogens with two attached hydrogens (primary N) is 1. The molecule has 4 aromatic carbocycles. The lowest BCUT2D eigenvalue weighted by atomic mass is 10.0. The van der Waals surface area contributed by atoms with Crippen LogP contribution in [0.4, 0.5) is 5.69 Å². The number of hydrogen-bond acceptors (Lipinski definition) is 1. The number of hydrogen-bond donors (Lipinski definition) is 1. The Balaban J connectivity index is 2.12. The number of anilines is 1. The quantitative estimate of drug-likeness (QED) is 0.406. The third-order valence-electron chi connectivity index (χ3n) is 4.72. The molecule has 5 aromatic rings. The normalized spacial score (nSPS) is 11.5. The molecule has 0 radical (unpaired) electrons. The minimum absolute atomic E-state index is 0.828. The largest absolute Gasteiger partial charge is 0.398 e. The second kappa shape index (κ2) is 4.87. The summed E-state index contributed by atoms with van der Waals surface area (Å²) in [5, 5.41) is 4.72. The third-order valence-corrected chi connectivity index (χ3v) is 4.72. The van der Waals surface area contributed by atoms with Crippen molar-refractivity contribution in [2.45, 2.75) is 0 Å². The molecular weight excluding hydrogens is 292 g/mol. The topological polar surface area (TPSA) is 30.9 Å². The Labute approximate surface area is 139 Å². The molecule has 2 N–H and O–H groups in total. The maximum Gasteiger partial charge on any atom is 0.0621 e. The van der Waals surface area contributed by atoms with E-state index in [1.807, 2.05) is 12.1 Å². The number of nitrogen functional groups attached to an aromatic ring is 1. The lowest BCUT2D eigenvalue weighted by Gasteiger charge is -2.10. The van der Waals surface area contributed by atoms with E-state index >= 15 is 0 Å². The Hall–Kier alpha value is -3.26. The fraction of sp³-hybridized carbons (Fsp3) is 0. The van der Waals surface area contributed by atoms with Crippen LogP contribution in [0.2, 0.25) is 0 Å². The van der Waals surface area contributed by atoms with E-state index in [1.165, 1.54) is 32.9 Å². The third kappa shape index (κ3) is 1.71. The molecule has 24 heavy (non-hydrogen) atoms.